The molecule has 0 saturated heterocycles. The predicted molar refractivity (Wildman–Crippen MR) is 53.2 cm³/mol. The van der Waals surface area contributed by atoms with Crippen molar-refractivity contribution >= 4 is 5.91 Å². The first-order chi connectivity index (χ1) is 6.09. The van der Waals surface area contributed by atoms with Crippen LogP contribution in [-0.4, -0.2) is 18.5 Å². The number of nitrogens with one attached hydrogen (secondary N) is 1. The molecule has 13 heavy (non-hydrogen) atoms. The molecule has 3 nitrogen and oxygen atoms in total. The second-order valence-electron chi connectivity index (χ2n) is 4.26. The summed E-state index contributed by atoms with van der Waals surface area (Å²) in [6.45, 7) is 4.73. The van der Waals surface area contributed by atoms with Gasteiger partial charge in [-0.2, -0.15) is 0 Å². The van der Waals surface area contributed by atoms with Crippen LogP contribution in [0.25, 0.3) is 0 Å². The molecule has 3 N–H and O–H groups in total. The number of amides is 1. The Morgan fingerprint density at radius 1 is 1.62 bits per heavy atom. The lowest BCUT2D eigenvalue weighted by Crippen LogP contribution is -2.40. The number of hydrogen-bond acceptors (Lipinski definition) is 2. The van der Waals surface area contributed by atoms with Gasteiger partial charge in [0.1, 0.15) is 0 Å². The number of rotatable bonds is 5. The Morgan fingerprint density at radius 2 is 2.23 bits per heavy atom. The van der Waals surface area contributed by atoms with Gasteiger partial charge in [-0.05, 0) is 31.6 Å². The molecule has 0 aromatic rings. The van der Waals surface area contributed by atoms with E-state index < -0.39 is 0 Å². The Hall–Kier alpha value is -0.570. The summed E-state index contributed by atoms with van der Waals surface area (Å²) in [6.07, 6.45) is 4.96. The van der Waals surface area contributed by atoms with Gasteiger partial charge in [0.2, 0.25) is 5.91 Å². The minimum Gasteiger partial charge on any atom is -0.354 e. The highest BCUT2D eigenvalue weighted by Gasteiger charge is 2.41. The fourth-order valence-electron chi connectivity index (χ4n) is 1.66. The Morgan fingerprint density at radius 3 is 2.62 bits per heavy atom. The van der Waals surface area contributed by atoms with E-state index in [-0.39, 0.29) is 11.9 Å². The zero-order valence-electron chi connectivity index (χ0n) is 8.60. The van der Waals surface area contributed by atoms with Gasteiger partial charge >= 0.3 is 0 Å². The summed E-state index contributed by atoms with van der Waals surface area (Å²) < 4.78 is 0. The van der Waals surface area contributed by atoms with Crippen LogP contribution < -0.4 is 11.1 Å². The second-order valence-corrected chi connectivity index (χ2v) is 4.26. The highest BCUT2D eigenvalue weighted by Crippen LogP contribution is 2.48. The average molecular weight is 184 g/mol. The molecule has 1 fully saturated rings. The van der Waals surface area contributed by atoms with Crippen molar-refractivity contribution in [2.24, 2.45) is 11.1 Å². The van der Waals surface area contributed by atoms with Gasteiger partial charge in [-0.3, -0.25) is 4.79 Å². The van der Waals surface area contributed by atoms with Gasteiger partial charge in [-0.15, -0.1) is 0 Å². The molecule has 1 saturated carbocycles. The van der Waals surface area contributed by atoms with Crippen LogP contribution in [0.5, 0.6) is 0 Å². The molecule has 76 valence electrons. The van der Waals surface area contributed by atoms with Crippen molar-refractivity contribution in [3.63, 3.8) is 0 Å². The van der Waals surface area contributed by atoms with Gasteiger partial charge in [0, 0.05) is 6.54 Å². The maximum absolute atomic E-state index is 11.2. The minimum absolute atomic E-state index is 0.0256. The molecule has 1 rings (SSSR count). The summed E-state index contributed by atoms with van der Waals surface area (Å²) in [7, 11) is 0. The van der Waals surface area contributed by atoms with Crippen molar-refractivity contribution in [1.82, 2.24) is 5.32 Å². The van der Waals surface area contributed by atoms with Crippen molar-refractivity contribution in [1.29, 1.82) is 0 Å². The van der Waals surface area contributed by atoms with Gasteiger partial charge in [0.25, 0.3) is 0 Å². The lowest BCUT2D eigenvalue weighted by atomic mass is 10.0. The highest BCUT2D eigenvalue weighted by atomic mass is 16.2. The molecule has 0 spiro atoms. The third kappa shape index (κ3) is 2.99. The maximum atomic E-state index is 11.2. The zero-order chi connectivity index (χ0) is 9.90. The summed E-state index contributed by atoms with van der Waals surface area (Å²) in [4.78, 5) is 11.2. The SMILES string of the molecule is CCCC1(CNC(=O)[C@H](C)N)CC1. The first-order valence-corrected chi connectivity index (χ1v) is 5.13. The monoisotopic (exact) mass is 184 g/mol. The molecule has 3 heteroatoms. The maximum Gasteiger partial charge on any atom is 0.236 e. The molecule has 0 aromatic heterocycles. The summed E-state index contributed by atoms with van der Waals surface area (Å²) >= 11 is 0. The Balaban J connectivity index is 2.22. The van der Waals surface area contributed by atoms with Crippen LogP contribution in [0.15, 0.2) is 0 Å². The third-order valence-electron chi connectivity index (χ3n) is 2.79. The molecular formula is C10H20N2O. The van der Waals surface area contributed by atoms with Gasteiger partial charge in [-0.1, -0.05) is 13.3 Å². The molecule has 0 bridgehead atoms. The van der Waals surface area contributed by atoms with Crippen molar-refractivity contribution < 1.29 is 4.79 Å². The quantitative estimate of drug-likeness (QED) is 0.670. The van der Waals surface area contributed by atoms with Crippen LogP contribution >= 0.6 is 0 Å². The van der Waals surface area contributed by atoms with E-state index in [0.717, 1.165) is 6.54 Å². The number of nitrogens with two attached hydrogens (primary N) is 1. The average Bonchev–Trinajstić information content (AvgIpc) is 2.82. The van der Waals surface area contributed by atoms with E-state index in [9.17, 15) is 4.79 Å². The Kier molecular flexibility index (Phi) is 3.31. The lowest BCUT2D eigenvalue weighted by Gasteiger charge is -2.15. The first kappa shape index (κ1) is 10.5. The van der Waals surface area contributed by atoms with Crippen LogP contribution in [0.1, 0.15) is 39.5 Å². The first-order valence-electron chi connectivity index (χ1n) is 5.13. The Bertz CT molecular complexity index is 185. The molecular weight excluding hydrogens is 164 g/mol. The molecule has 1 aliphatic rings. The lowest BCUT2D eigenvalue weighted by molar-refractivity contribution is -0.122. The largest absolute Gasteiger partial charge is 0.354 e. The van der Waals surface area contributed by atoms with Crippen LogP contribution in [-0.2, 0) is 4.79 Å². The van der Waals surface area contributed by atoms with E-state index in [0.29, 0.717) is 5.41 Å². The molecule has 0 aliphatic heterocycles. The molecule has 0 heterocycles. The van der Waals surface area contributed by atoms with Crippen molar-refractivity contribution in [2.75, 3.05) is 6.54 Å². The van der Waals surface area contributed by atoms with Crippen molar-refractivity contribution in [3.8, 4) is 0 Å². The zero-order valence-corrected chi connectivity index (χ0v) is 8.60. The van der Waals surface area contributed by atoms with Crippen LogP contribution in [0, 0.1) is 5.41 Å². The highest BCUT2D eigenvalue weighted by molar-refractivity contribution is 5.81. The molecule has 0 radical (unpaired) electrons. The van der Waals surface area contributed by atoms with Crippen molar-refractivity contribution in [3.05, 3.63) is 0 Å². The van der Waals surface area contributed by atoms with Gasteiger partial charge in [0.15, 0.2) is 0 Å². The van der Waals surface area contributed by atoms with Crippen LogP contribution in [0.3, 0.4) is 0 Å². The van der Waals surface area contributed by atoms with E-state index in [1.165, 1.54) is 25.7 Å². The summed E-state index contributed by atoms with van der Waals surface area (Å²) in [6, 6.07) is -0.377. The summed E-state index contributed by atoms with van der Waals surface area (Å²) in [5.74, 6) is -0.0256. The van der Waals surface area contributed by atoms with E-state index in [4.69, 9.17) is 5.73 Å². The van der Waals surface area contributed by atoms with Crippen LogP contribution in [0.2, 0.25) is 0 Å². The number of carbonyl (C=O) groups is 1. The van der Waals surface area contributed by atoms with Crippen molar-refractivity contribution in [2.45, 2.75) is 45.6 Å². The van der Waals surface area contributed by atoms with E-state index in [2.05, 4.69) is 12.2 Å². The fraction of sp³-hybridized carbons (Fsp3) is 0.900. The molecule has 1 aliphatic carbocycles. The van der Waals surface area contributed by atoms with Gasteiger partial charge in [0.05, 0.1) is 6.04 Å². The third-order valence-corrected chi connectivity index (χ3v) is 2.79. The van der Waals surface area contributed by atoms with E-state index >= 15 is 0 Å². The predicted octanol–water partition coefficient (Wildman–Crippen LogP) is 1.03. The van der Waals surface area contributed by atoms with E-state index in [1.807, 2.05) is 0 Å². The topological polar surface area (TPSA) is 55.1 Å². The minimum atomic E-state index is -0.377. The van der Waals surface area contributed by atoms with Gasteiger partial charge in [-0.25, -0.2) is 0 Å². The summed E-state index contributed by atoms with van der Waals surface area (Å²) in [5.41, 5.74) is 5.88. The number of hydrogen-bond donors (Lipinski definition) is 2. The fourth-order valence-corrected chi connectivity index (χ4v) is 1.66. The molecule has 0 aromatic carbocycles. The number of carbonyl (C=O) groups excluding carboxylic acids is 1. The molecule has 0 unspecified atom stereocenters. The second kappa shape index (κ2) is 4.09. The smallest absolute Gasteiger partial charge is 0.236 e. The standard InChI is InChI=1S/C10H20N2O/c1-3-4-10(5-6-10)7-12-9(13)8(2)11/h8H,3-7,11H2,1-2H3,(H,12,13)/t8-/m0/s1. The molecule has 1 amide bonds. The normalized spacial score (nSPS) is 20.8. The van der Waals surface area contributed by atoms with E-state index in [1.54, 1.807) is 6.92 Å². The summed E-state index contributed by atoms with van der Waals surface area (Å²) in [5, 5.41) is 2.91. The molecule has 1 atom stereocenters. The van der Waals surface area contributed by atoms with Crippen LogP contribution in [0.4, 0.5) is 0 Å². The van der Waals surface area contributed by atoms with Gasteiger partial charge < -0.3 is 11.1 Å². The Labute approximate surface area is 80.1 Å².